The molecule has 4 N–H and O–H groups in total. The molecule has 0 aromatic carbocycles. The van der Waals surface area contributed by atoms with E-state index in [-0.39, 0.29) is 25.6 Å². The first-order valence-electron chi connectivity index (χ1n) is 5.24. The number of hydrogen-bond acceptors (Lipinski definition) is 4. The second-order valence-corrected chi connectivity index (χ2v) is 4.28. The van der Waals surface area contributed by atoms with E-state index in [2.05, 4.69) is 0 Å². The Morgan fingerprint density at radius 3 is 2.21 bits per heavy atom. The highest BCUT2D eigenvalue weighted by molar-refractivity contribution is 4.90. The van der Waals surface area contributed by atoms with Gasteiger partial charge in [-0.3, -0.25) is 0 Å². The topological polar surface area (TPSA) is 80.9 Å². The molecular formula is C10H20O4. The van der Waals surface area contributed by atoms with Crippen molar-refractivity contribution in [1.29, 1.82) is 0 Å². The average molecular weight is 204 g/mol. The zero-order valence-electron chi connectivity index (χ0n) is 8.39. The van der Waals surface area contributed by atoms with Gasteiger partial charge in [0.2, 0.25) is 0 Å². The summed E-state index contributed by atoms with van der Waals surface area (Å²) in [6.45, 7) is -0.705. The minimum absolute atomic E-state index is 0.0602. The highest BCUT2D eigenvalue weighted by atomic mass is 16.3. The van der Waals surface area contributed by atoms with Crippen LogP contribution < -0.4 is 0 Å². The van der Waals surface area contributed by atoms with E-state index in [0.717, 1.165) is 25.7 Å². The predicted octanol–water partition coefficient (Wildman–Crippen LogP) is -0.357. The summed E-state index contributed by atoms with van der Waals surface area (Å²) in [5.74, 6) is 0.0636. The van der Waals surface area contributed by atoms with Gasteiger partial charge in [-0.25, -0.2) is 0 Å². The minimum atomic E-state index is -1.21. The minimum Gasteiger partial charge on any atom is -0.394 e. The highest BCUT2D eigenvalue weighted by Crippen LogP contribution is 2.36. The molecule has 1 fully saturated rings. The van der Waals surface area contributed by atoms with Crippen molar-refractivity contribution in [2.75, 3.05) is 13.2 Å². The third-order valence-electron chi connectivity index (χ3n) is 3.19. The molecule has 0 bridgehead atoms. The summed E-state index contributed by atoms with van der Waals surface area (Å²) < 4.78 is 0. The smallest absolute Gasteiger partial charge is 0.0930 e. The van der Waals surface area contributed by atoms with Gasteiger partial charge in [-0.05, 0) is 18.8 Å². The van der Waals surface area contributed by atoms with Crippen molar-refractivity contribution in [1.82, 2.24) is 0 Å². The molecule has 0 saturated heterocycles. The number of aliphatic hydroxyl groups excluding tert-OH is 3. The monoisotopic (exact) mass is 204 g/mol. The van der Waals surface area contributed by atoms with Crippen LogP contribution >= 0.6 is 0 Å². The fraction of sp³-hybridized carbons (Fsp3) is 1.00. The normalized spacial score (nSPS) is 24.9. The number of aliphatic hydroxyl groups is 4. The Bertz CT molecular complexity index is 168. The molecule has 1 saturated carbocycles. The Hall–Kier alpha value is -0.160. The molecule has 4 nitrogen and oxygen atoms in total. The van der Waals surface area contributed by atoms with Crippen LogP contribution in [0.15, 0.2) is 0 Å². The molecule has 4 heteroatoms. The molecule has 0 amide bonds. The summed E-state index contributed by atoms with van der Waals surface area (Å²) in [5.41, 5.74) is -1.21. The summed E-state index contributed by atoms with van der Waals surface area (Å²) in [6.07, 6.45) is 3.06. The zero-order valence-corrected chi connectivity index (χ0v) is 8.39. The van der Waals surface area contributed by atoms with Crippen molar-refractivity contribution in [3.8, 4) is 0 Å². The third-order valence-corrected chi connectivity index (χ3v) is 3.19. The van der Waals surface area contributed by atoms with Crippen LogP contribution in [0.1, 0.15) is 32.1 Å². The Morgan fingerprint density at radius 1 is 1.21 bits per heavy atom. The van der Waals surface area contributed by atoms with E-state index in [4.69, 9.17) is 10.2 Å². The predicted molar refractivity (Wildman–Crippen MR) is 51.7 cm³/mol. The van der Waals surface area contributed by atoms with Crippen LogP contribution in [0.25, 0.3) is 0 Å². The van der Waals surface area contributed by atoms with E-state index < -0.39 is 11.7 Å². The molecule has 84 valence electrons. The summed E-state index contributed by atoms with van der Waals surface area (Å²) in [5, 5.41) is 37.2. The first-order valence-corrected chi connectivity index (χ1v) is 5.24. The van der Waals surface area contributed by atoms with Crippen molar-refractivity contribution < 1.29 is 20.4 Å². The molecule has 1 rings (SSSR count). The van der Waals surface area contributed by atoms with Gasteiger partial charge in [-0.15, -0.1) is 0 Å². The van der Waals surface area contributed by atoms with Gasteiger partial charge >= 0.3 is 0 Å². The van der Waals surface area contributed by atoms with Gasteiger partial charge in [0.1, 0.15) is 0 Å². The molecule has 2 atom stereocenters. The fourth-order valence-electron chi connectivity index (χ4n) is 2.30. The van der Waals surface area contributed by atoms with Gasteiger partial charge in [-0.1, -0.05) is 12.8 Å². The lowest BCUT2D eigenvalue weighted by atomic mass is 9.82. The van der Waals surface area contributed by atoms with E-state index >= 15 is 0 Å². The maximum absolute atomic E-state index is 10.1. The van der Waals surface area contributed by atoms with Crippen LogP contribution in [-0.2, 0) is 0 Å². The molecule has 14 heavy (non-hydrogen) atoms. The Labute approximate surface area is 84.2 Å². The Morgan fingerprint density at radius 2 is 1.79 bits per heavy atom. The second-order valence-electron chi connectivity index (χ2n) is 4.28. The molecule has 0 heterocycles. The Kier molecular flexibility index (Phi) is 4.31. The van der Waals surface area contributed by atoms with Crippen molar-refractivity contribution in [3.05, 3.63) is 0 Å². The zero-order chi connectivity index (χ0) is 10.6. The van der Waals surface area contributed by atoms with E-state index in [0.29, 0.717) is 0 Å². The van der Waals surface area contributed by atoms with Crippen molar-refractivity contribution in [2.24, 2.45) is 5.92 Å². The summed E-state index contributed by atoms with van der Waals surface area (Å²) in [6, 6.07) is 0. The fourth-order valence-corrected chi connectivity index (χ4v) is 2.30. The van der Waals surface area contributed by atoms with Gasteiger partial charge in [-0.2, -0.15) is 0 Å². The molecular weight excluding hydrogens is 184 g/mol. The standard InChI is InChI=1S/C10H20O4/c11-6-9(13)5-10(14,7-12)8-3-1-2-4-8/h8-9,11-14H,1-7H2. The average Bonchev–Trinajstić information content (AvgIpc) is 2.70. The molecule has 0 aromatic heterocycles. The number of rotatable bonds is 5. The van der Waals surface area contributed by atoms with Gasteiger partial charge in [0.15, 0.2) is 0 Å². The third kappa shape index (κ3) is 2.67. The van der Waals surface area contributed by atoms with Crippen LogP contribution in [0.2, 0.25) is 0 Å². The molecule has 1 aliphatic carbocycles. The maximum atomic E-state index is 10.1. The van der Waals surface area contributed by atoms with Gasteiger partial charge < -0.3 is 20.4 Å². The van der Waals surface area contributed by atoms with E-state index in [1.54, 1.807) is 0 Å². The molecule has 0 spiro atoms. The Balaban J connectivity index is 2.54. The lowest BCUT2D eigenvalue weighted by molar-refractivity contribution is -0.0950. The quantitative estimate of drug-likeness (QED) is 0.493. The maximum Gasteiger partial charge on any atom is 0.0930 e. The van der Waals surface area contributed by atoms with E-state index in [1.807, 2.05) is 0 Å². The first kappa shape index (κ1) is 11.9. The van der Waals surface area contributed by atoms with Crippen molar-refractivity contribution in [3.63, 3.8) is 0 Å². The SMILES string of the molecule is OCC(O)CC(O)(CO)C1CCCC1. The largest absolute Gasteiger partial charge is 0.394 e. The lowest BCUT2D eigenvalue weighted by Gasteiger charge is -2.33. The number of hydrogen-bond donors (Lipinski definition) is 4. The summed E-state index contributed by atoms with van der Waals surface area (Å²) in [7, 11) is 0. The first-order chi connectivity index (χ1) is 6.62. The van der Waals surface area contributed by atoms with Crippen LogP contribution in [-0.4, -0.2) is 45.3 Å². The van der Waals surface area contributed by atoms with Gasteiger partial charge in [0.05, 0.1) is 24.9 Å². The van der Waals surface area contributed by atoms with Crippen LogP contribution in [0.3, 0.4) is 0 Å². The molecule has 0 radical (unpaired) electrons. The van der Waals surface area contributed by atoms with Crippen molar-refractivity contribution in [2.45, 2.75) is 43.8 Å². The van der Waals surface area contributed by atoms with Crippen molar-refractivity contribution >= 4 is 0 Å². The molecule has 0 aliphatic heterocycles. The van der Waals surface area contributed by atoms with E-state index in [1.165, 1.54) is 0 Å². The summed E-state index contributed by atoms with van der Waals surface area (Å²) in [4.78, 5) is 0. The van der Waals surface area contributed by atoms with Crippen LogP contribution in [0.4, 0.5) is 0 Å². The van der Waals surface area contributed by atoms with E-state index in [9.17, 15) is 10.2 Å². The van der Waals surface area contributed by atoms with Crippen LogP contribution in [0, 0.1) is 5.92 Å². The second kappa shape index (κ2) is 5.07. The van der Waals surface area contributed by atoms with Gasteiger partial charge in [0.25, 0.3) is 0 Å². The van der Waals surface area contributed by atoms with Crippen LogP contribution in [0.5, 0.6) is 0 Å². The summed E-state index contributed by atoms with van der Waals surface area (Å²) >= 11 is 0. The molecule has 1 aliphatic rings. The highest BCUT2D eigenvalue weighted by Gasteiger charge is 2.39. The van der Waals surface area contributed by atoms with Gasteiger partial charge in [0, 0.05) is 6.42 Å². The lowest BCUT2D eigenvalue weighted by Crippen LogP contribution is -2.44. The molecule has 2 unspecified atom stereocenters. The molecule has 0 aromatic rings.